The van der Waals surface area contributed by atoms with E-state index in [4.69, 9.17) is 15.9 Å². The summed E-state index contributed by atoms with van der Waals surface area (Å²) in [5.74, 6) is 1.26. The van der Waals surface area contributed by atoms with Crippen molar-refractivity contribution in [3.05, 3.63) is 29.3 Å². The lowest BCUT2D eigenvalue weighted by atomic mass is 9.83. The number of amidine groups is 2. The number of hydrogen-bond donors (Lipinski definition) is 2. The molecule has 0 saturated heterocycles. The van der Waals surface area contributed by atoms with Gasteiger partial charge in [-0.3, -0.25) is 5.41 Å². The van der Waals surface area contributed by atoms with Crippen molar-refractivity contribution in [2.45, 2.75) is 46.6 Å². The predicted molar refractivity (Wildman–Crippen MR) is 82.8 cm³/mol. The second kappa shape index (κ2) is 4.62. The fraction of sp³-hybridized carbons (Fsp3) is 0.500. The Labute approximate surface area is 120 Å². The van der Waals surface area contributed by atoms with E-state index in [0.717, 1.165) is 12.0 Å². The first-order valence-electron chi connectivity index (χ1n) is 6.85. The first-order valence-corrected chi connectivity index (χ1v) is 6.85. The predicted octanol–water partition coefficient (Wildman–Crippen LogP) is 3.32. The van der Waals surface area contributed by atoms with Crippen LogP contribution in [0.3, 0.4) is 0 Å². The Morgan fingerprint density at radius 1 is 1.20 bits per heavy atom. The van der Waals surface area contributed by atoms with E-state index in [1.807, 2.05) is 18.2 Å². The number of aliphatic imine (C=N–C) groups is 1. The van der Waals surface area contributed by atoms with E-state index in [2.05, 4.69) is 39.6 Å². The van der Waals surface area contributed by atoms with Crippen molar-refractivity contribution in [2.24, 2.45) is 16.1 Å². The van der Waals surface area contributed by atoms with Crippen LogP contribution in [0.5, 0.6) is 5.75 Å². The highest BCUT2D eigenvalue weighted by atomic mass is 16.5. The average Bonchev–Trinajstić information content (AvgIpc) is 2.51. The molecule has 1 aromatic carbocycles. The number of rotatable bonds is 3. The molecule has 0 aromatic heterocycles. The SMILES string of the molecule is CC(C)(C)CC(C)(C)Oc1cccc2c1C(=N)N=C2N. The molecule has 3 N–H and O–H groups in total. The molecule has 0 unspecified atom stereocenters. The summed E-state index contributed by atoms with van der Waals surface area (Å²) in [5.41, 5.74) is 7.17. The first kappa shape index (κ1) is 14.6. The highest BCUT2D eigenvalue weighted by Gasteiger charge is 2.30. The largest absolute Gasteiger partial charge is 0.487 e. The van der Waals surface area contributed by atoms with Gasteiger partial charge in [-0.25, -0.2) is 4.99 Å². The summed E-state index contributed by atoms with van der Waals surface area (Å²) in [6.07, 6.45) is 0.910. The topological polar surface area (TPSA) is 71.5 Å². The van der Waals surface area contributed by atoms with Gasteiger partial charge in [0.2, 0.25) is 0 Å². The molecule has 0 fully saturated rings. The number of hydrogen-bond acceptors (Lipinski definition) is 3. The summed E-state index contributed by atoms with van der Waals surface area (Å²) in [6.45, 7) is 10.7. The maximum Gasteiger partial charge on any atom is 0.158 e. The van der Waals surface area contributed by atoms with Gasteiger partial charge in [-0.15, -0.1) is 0 Å². The van der Waals surface area contributed by atoms with E-state index < -0.39 is 0 Å². The van der Waals surface area contributed by atoms with Gasteiger partial charge >= 0.3 is 0 Å². The lowest BCUT2D eigenvalue weighted by Crippen LogP contribution is -2.33. The molecule has 1 aliphatic rings. The van der Waals surface area contributed by atoms with Crippen LogP contribution in [0.2, 0.25) is 0 Å². The second-order valence-electron chi connectivity index (χ2n) is 7.12. The zero-order chi connectivity index (χ0) is 15.1. The quantitative estimate of drug-likeness (QED) is 0.886. The van der Waals surface area contributed by atoms with E-state index >= 15 is 0 Å². The van der Waals surface area contributed by atoms with Gasteiger partial charge in [-0.05, 0) is 31.7 Å². The Morgan fingerprint density at radius 2 is 1.85 bits per heavy atom. The van der Waals surface area contributed by atoms with Crippen LogP contribution in [0.4, 0.5) is 0 Å². The molecule has 108 valence electrons. The molecule has 4 nitrogen and oxygen atoms in total. The zero-order valence-electron chi connectivity index (χ0n) is 12.9. The molecule has 4 heteroatoms. The highest BCUT2D eigenvalue weighted by Crippen LogP contribution is 2.34. The number of fused-ring (bicyclic) bond motifs is 1. The Balaban J connectivity index is 2.31. The maximum absolute atomic E-state index is 7.94. The Morgan fingerprint density at radius 3 is 2.45 bits per heavy atom. The van der Waals surface area contributed by atoms with Crippen LogP contribution in [0, 0.1) is 10.8 Å². The molecule has 0 aliphatic carbocycles. The third-order valence-corrected chi connectivity index (χ3v) is 3.11. The fourth-order valence-corrected chi connectivity index (χ4v) is 2.92. The van der Waals surface area contributed by atoms with Crippen LogP contribution >= 0.6 is 0 Å². The lowest BCUT2D eigenvalue weighted by Gasteiger charge is -2.33. The molecule has 1 aliphatic heterocycles. The molecule has 0 saturated carbocycles. The summed E-state index contributed by atoms with van der Waals surface area (Å²) in [5, 5.41) is 7.94. The zero-order valence-corrected chi connectivity index (χ0v) is 12.9. The van der Waals surface area contributed by atoms with Gasteiger partial charge in [-0.2, -0.15) is 0 Å². The molecule has 0 amide bonds. The molecule has 2 rings (SSSR count). The summed E-state index contributed by atoms with van der Waals surface area (Å²) in [4.78, 5) is 4.02. The summed E-state index contributed by atoms with van der Waals surface area (Å²) in [7, 11) is 0. The van der Waals surface area contributed by atoms with Crippen LogP contribution in [-0.2, 0) is 0 Å². The fourth-order valence-electron chi connectivity index (χ4n) is 2.92. The van der Waals surface area contributed by atoms with E-state index in [0.29, 0.717) is 17.1 Å². The number of nitrogens with two attached hydrogens (primary N) is 1. The third-order valence-electron chi connectivity index (χ3n) is 3.11. The molecule has 20 heavy (non-hydrogen) atoms. The number of nitrogens with zero attached hydrogens (tertiary/aromatic N) is 1. The molecule has 0 atom stereocenters. The van der Waals surface area contributed by atoms with Gasteiger partial charge < -0.3 is 10.5 Å². The number of nitrogens with one attached hydrogen (secondary N) is 1. The Bertz CT molecular complexity index is 580. The van der Waals surface area contributed by atoms with Crippen molar-refractivity contribution < 1.29 is 4.74 Å². The summed E-state index contributed by atoms with van der Waals surface area (Å²) < 4.78 is 6.17. The van der Waals surface area contributed by atoms with E-state index in [1.165, 1.54) is 0 Å². The minimum absolute atomic E-state index is 0.171. The van der Waals surface area contributed by atoms with Crippen molar-refractivity contribution in [2.75, 3.05) is 0 Å². The van der Waals surface area contributed by atoms with Gasteiger partial charge in [-0.1, -0.05) is 32.9 Å². The standard InChI is InChI=1S/C16H23N3O/c1-15(2,3)9-16(4,5)20-11-8-6-7-10-12(11)14(18)19-13(10)17/h6-8H,9H2,1-5H3,(H3,17,18,19). The normalized spacial score (nSPS) is 15.1. The second-order valence-corrected chi connectivity index (χ2v) is 7.12. The van der Waals surface area contributed by atoms with Gasteiger partial charge in [0.25, 0.3) is 0 Å². The van der Waals surface area contributed by atoms with Crippen LogP contribution in [-0.4, -0.2) is 17.3 Å². The van der Waals surface area contributed by atoms with E-state index in [-0.39, 0.29) is 16.9 Å². The minimum Gasteiger partial charge on any atom is -0.487 e. The van der Waals surface area contributed by atoms with Crippen molar-refractivity contribution in [1.82, 2.24) is 0 Å². The smallest absolute Gasteiger partial charge is 0.158 e. The molecule has 1 aromatic rings. The van der Waals surface area contributed by atoms with Gasteiger partial charge in [0, 0.05) is 5.56 Å². The number of ether oxygens (including phenoxy) is 1. The van der Waals surface area contributed by atoms with E-state index in [1.54, 1.807) is 0 Å². The number of benzene rings is 1. The highest BCUT2D eigenvalue weighted by molar-refractivity contribution is 6.22. The van der Waals surface area contributed by atoms with Crippen molar-refractivity contribution in [1.29, 1.82) is 5.41 Å². The van der Waals surface area contributed by atoms with Crippen LogP contribution in [0.1, 0.15) is 52.2 Å². The van der Waals surface area contributed by atoms with Crippen LogP contribution in [0.25, 0.3) is 0 Å². The molecule has 0 bridgehead atoms. The van der Waals surface area contributed by atoms with Crippen LogP contribution < -0.4 is 10.5 Å². The van der Waals surface area contributed by atoms with Gasteiger partial charge in [0.15, 0.2) is 5.84 Å². The first-order chi connectivity index (χ1) is 9.09. The Kier molecular flexibility index (Phi) is 3.36. The minimum atomic E-state index is -0.314. The maximum atomic E-state index is 7.94. The Hall–Kier alpha value is -1.84. The molecule has 1 heterocycles. The van der Waals surface area contributed by atoms with Crippen molar-refractivity contribution in [3.63, 3.8) is 0 Å². The summed E-state index contributed by atoms with van der Waals surface area (Å²) >= 11 is 0. The van der Waals surface area contributed by atoms with Gasteiger partial charge in [0.1, 0.15) is 17.2 Å². The lowest BCUT2D eigenvalue weighted by molar-refractivity contribution is 0.0620. The van der Waals surface area contributed by atoms with Crippen molar-refractivity contribution in [3.8, 4) is 5.75 Å². The molecule has 0 spiro atoms. The third kappa shape index (κ3) is 3.00. The van der Waals surface area contributed by atoms with Crippen LogP contribution in [0.15, 0.2) is 23.2 Å². The van der Waals surface area contributed by atoms with Gasteiger partial charge in [0.05, 0.1) is 5.56 Å². The summed E-state index contributed by atoms with van der Waals surface area (Å²) in [6, 6.07) is 5.65. The van der Waals surface area contributed by atoms with E-state index in [9.17, 15) is 0 Å². The molecule has 0 radical (unpaired) electrons. The average molecular weight is 273 g/mol. The molecular formula is C16H23N3O. The van der Waals surface area contributed by atoms with Crippen molar-refractivity contribution >= 4 is 11.7 Å². The molecular weight excluding hydrogens is 250 g/mol. The monoisotopic (exact) mass is 273 g/mol.